The van der Waals surface area contributed by atoms with Crippen molar-refractivity contribution in [3.05, 3.63) is 89.5 Å². The fraction of sp³-hybridized carbons (Fsp3) is 0.259. The van der Waals surface area contributed by atoms with Crippen LogP contribution in [0.4, 0.5) is 5.69 Å². The minimum Gasteiger partial charge on any atom is -0.336 e. The van der Waals surface area contributed by atoms with Crippen molar-refractivity contribution < 1.29 is 18.0 Å². The van der Waals surface area contributed by atoms with Crippen molar-refractivity contribution in [1.29, 1.82) is 0 Å². The topological polar surface area (TPSA) is 74.8 Å². The van der Waals surface area contributed by atoms with Crippen molar-refractivity contribution in [1.82, 2.24) is 4.90 Å². The Kier molecular flexibility index (Phi) is 5.73. The molecule has 2 heterocycles. The van der Waals surface area contributed by atoms with Gasteiger partial charge in [0, 0.05) is 18.2 Å². The van der Waals surface area contributed by atoms with Gasteiger partial charge in [0.15, 0.2) is 0 Å². The van der Waals surface area contributed by atoms with Crippen molar-refractivity contribution in [3.8, 4) is 0 Å². The van der Waals surface area contributed by atoms with Crippen LogP contribution in [0.15, 0.2) is 82.6 Å². The third kappa shape index (κ3) is 3.80. The van der Waals surface area contributed by atoms with Crippen LogP contribution in [-0.4, -0.2) is 37.7 Å². The van der Waals surface area contributed by atoms with Crippen LogP contribution in [-0.2, 0) is 16.4 Å². The van der Waals surface area contributed by atoms with Gasteiger partial charge in [0.25, 0.3) is 11.8 Å². The summed E-state index contributed by atoms with van der Waals surface area (Å²) < 4.78 is 27.2. The molecular formula is C27H26N2O4S. The molecule has 2 amide bonds. The van der Waals surface area contributed by atoms with Crippen LogP contribution in [0, 0.1) is 0 Å². The first-order chi connectivity index (χ1) is 16.4. The number of nitrogens with zero attached hydrogens (tertiary/aromatic N) is 2. The molecule has 2 aliphatic heterocycles. The second kappa shape index (κ2) is 8.72. The molecule has 0 aliphatic carbocycles. The lowest BCUT2D eigenvalue weighted by atomic mass is 10.0. The van der Waals surface area contributed by atoms with Gasteiger partial charge in [0.2, 0.25) is 9.84 Å². The number of anilines is 1. The molecule has 0 radical (unpaired) electrons. The highest BCUT2D eigenvalue weighted by molar-refractivity contribution is 7.91. The minimum absolute atomic E-state index is 0.0134. The second-order valence-corrected chi connectivity index (χ2v) is 10.8. The number of likely N-dealkylation sites (tertiary alicyclic amines) is 1. The van der Waals surface area contributed by atoms with Gasteiger partial charge in [-0.25, -0.2) is 8.42 Å². The zero-order chi connectivity index (χ0) is 23.9. The number of carbonyl (C=O) groups excluding carboxylic acids is 2. The fourth-order valence-corrected chi connectivity index (χ4v) is 6.46. The first-order valence-corrected chi connectivity index (χ1v) is 13.0. The standard InChI is InChI=1S/C27H26N2O4S/c1-19-9-7-8-16-28(19)26(30)21-14-15-25-23(17-21)29(18-20-10-3-2-4-11-20)27(31)22-12-5-6-13-24(22)34(25,32)33/h2-6,10-15,17,19H,7-9,16,18H2,1H3. The Hall–Kier alpha value is -3.45. The summed E-state index contributed by atoms with van der Waals surface area (Å²) in [5.74, 6) is -0.543. The highest BCUT2D eigenvalue weighted by atomic mass is 32.2. The molecular weight excluding hydrogens is 448 g/mol. The van der Waals surface area contributed by atoms with E-state index in [-0.39, 0.29) is 39.5 Å². The molecule has 0 spiro atoms. The lowest BCUT2D eigenvalue weighted by Gasteiger charge is -2.33. The van der Waals surface area contributed by atoms with Crippen LogP contribution in [0.1, 0.15) is 52.5 Å². The van der Waals surface area contributed by atoms with Gasteiger partial charge in [-0.15, -0.1) is 0 Å². The van der Waals surface area contributed by atoms with Crippen LogP contribution in [0.25, 0.3) is 0 Å². The van der Waals surface area contributed by atoms with E-state index >= 15 is 0 Å². The third-order valence-corrected chi connectivity index (χ3v) is 8.54. The van der Waals surface area contributed by atoms with Crippen molar-refractivity contribution >= 4 is 27.3 Å². The minimum atomic E-state index is -3.96. The normalized spacial score (nSPS) is 19.2. The quantitative estimate of drug-likeness (QED) is 0.552. The van der Waals surface area contributed by atoms with Gasteiger partial charge in [0.05, 0.1) is 27.6 Å². The summed E-state index contributed by atoms with van der Waals surface area (Å²) in [5, 5.41) is 0. The molecule has 2 aliphatic rings. The molecule has 34 heavy (non-hydrogen) atoms. The van der Waals surface area contributed by atoms with Gasteiger partial charge >= 0.3 is 0 Å². The molecule has 5 rings (SSSR count). The summed E-state index contributed by atoms with van der Waals surface area (Å²) in [5.41, 5.74) is 1.62. The number of amides is 2. The smallest absolute Gasteiger partial charge is 0.259 e. The van der Waals surface area contributed by atoms with Crippen LogP contribution in [0.3, 0.4) is 0 Å². The average molecular weight is 475 g/mol. The Morgan fingerprint density at radius 1 is 0.941 bits per heavy atom. The average Bonchev–Trinajstić information content (AvgIpc) is 2.93. The van der Waals surface area contributed by atoms with E-state index < -0.39 is 15.7 Å². The highest BCUT2D eigenvalue weighted by Crippen LogP contribution is 2.38. The summed E-state index contributed by atoms with van der Waals surface area (Å²) in [4.78, 5) is 30.4. The van der Waals surface area contributed by atoms with Crippen LogP contribution < -0.4 is 4.90 Å². The Bertz CT molecular complexity index is 1370. The summed E-state index contributed by atoms with van der Waals surface area (Å²) in [6.45, 7) is 2.90. The SMILES string of the molecule is CC1CCCCN1C(=O)c1ccc2c(c1)N(Cc1ccccc1)C(=O)c1ccccc1S2(=O)=O. The second-order valence-electron chi connectivity index (χ2n) is 8.90. The molecule has 0 N–H and O–H groups in total. The van der Waals surface area contributed by atoms with Crippen molar-refractivity contribution in [3.63, 3.8) is 0 Å². The number of fused-ring (bicyclic) bond motifs is 2. The van der Waals surface area contributed by atoms with E-state index in [0.29, 0.717) is 12.1 Å². The van der Waals surface area contributed by atoms with Gasteiger partial charge < -0.3 is 9.80 Å². The zero-order valence-electron chi connectivity index (χ0n) is 19.0. The summed E-state index contributed by atoms with van der Waals surface area (Å²) >= 11 is 0. The van der Waals surface area contributed by atoms with E-state index in [4.69, 9.17) is 0 Å². The zero-order valence-corrected chi connectivity index (χ0v) is 19.8. The largest absolute Gasteiger partial charge is 0.336 e. The Labute approximate surface area is 199 Å². The molecule has 0 saturated carbocycles. The molecule has 1 atom stereocenters. The van der Waals surface area contributed by atoms with Gasteiger partial charge in [-0.2, -0.15) is 0 Å². The first-order valence-electron chi connectivity index (χ1n) is 11.5. The molecule has 6 nitrogen and oxygen atoms in total. The van der Waals surface area contributed by atoms with E-state index in [1.165, 1.54) is 17.0 Å². The van der Waals surface area contributed by atoms with E-state index in [9.17, 15) is 18.0 Å². The monoisotopic (exact) mass is 474 g/mol. The van der Waals surface area contributed by atoms with Crippen LogP contribution >= 0.6 is 0 Å². The summed E-state index contributed by atoms with van der Waals surface area (Å²) in [6.07, 6.45) is 2.98. The van der Waals surface area contributed by atoms with E-state index in [0.717, 1.165) is 24.8 Å². The summed E-state index contributed by atoms with van der Waals surface area (Å²) in [7, 11) is -3.96. The van der Waals surface area contributed by atoms with Crippen LogP contribution in [0.5, 0.6) is 0 Å². The lowest BCUT2D eigenvalue weighted by molar-refractivity contribution is 0.0635. The number of carbonyl (C=O) groups is 2. The molecule has 1 unspecified atom stereocenters. The number of sulfone groups is 1. The maximum absolute atomic E-state index is 13.7. The molecule has 3 aromatic rings. The number of benzene rings is 3. The Balaban J connectivity index is 1.67. The van der Waals surface area contributed by atoms with Gasteiger partial charge in [-0.3, -0.25) is 9.59 Å². The molecule has 1 saturated heterocycles. The molecule has 7 heteroatoms. The third-order valence-electron chi connectivity index (χ3n) is 6.69. The Morgan fingerprint density at radius 2 is 1.68 bits per heavy atom. The van der Waals surface area contributed by atoms with Crippen molar-refractivity contribution in [2.45, 2.75) is 48.6 Å². The number of hydrogen-bond acceptors (Lipinski definition) is 4. The number of hydrogen-bond donors (Lipinski definition) is 0. The highest BCUT2D eigenvalue weighted by Gasteiger charge is 2.36. The molecule has 0 aromatic heterocycles. The predicted octanol–water partition coefficient (Wildman–Crippen LogP) is 4.69. The van der Waals surface area contributed by atoms with Crippen molar-refractivity contribution in [2.75, 3.05) is 11.4 Å². The van der Waals surface area contributed by atoms with Gasteiger partial charge in [-0.05, 0) is 62.1 Å². The van der Waals surface area contributed by atoms with Crippen molar-refractivity contribution in [2.24, 2.45) is 0 Å². The Morgan fingerprint density at radius 3 is 2.44 bits per heavy atom. The van der Waals surface area contributed by atoms with Gasteiger partial charge in [-0.1, -0.05) is 42.5 Å². The first kappa shape index (κ1) is 22.3. The maximum Gasteiger partial charge on any atom is 0.259 e. The summed E-state index contributed by atoms with van der Waals surface area (Å²) in [6, 6.07) is 20.4. The fourth-order valence-electron chi connectivity index (χ4n) is 4.83. The molecule has 1 fully saturated rings. The van der Waals surface area contributed by atoms with Gasteiger partial charge in [0.1, 0.15) is 0 Å². The maximum atomic E-state index is 13.7. The van der Waals surface area contributed by atoms with Crippen LogP contribution in [0.2, 0.25) is 0 Å². The van der Waals surface area contributed by atoms with E-state index in [1.54, 1.807) is 30.3 Å². The number of piperidine rings is 1. The molecule has 0 bridgehead atoms. The molecule has 3 aromatic carbocycles. The van der Waals surface area contributed by atoms with E-state index in [1.807, 2.05) is 42.2 Å². The predicted molar refractivity (Wildman–Crippen MR) is 130 cm³/mol. The lowest BCUT2D eigenvalue weighted by Crippen LogP contribution is -2.42. The molecule has 174 valence electrons. The van der Waals surface area contributed by atoms with E-state index in [2.05, 4.69) is 0 Å². The number of rotatable bonds is 3.